The molecule has 2 aromatic heterocycles. The summed E-state index contributed by atoms with van der Waals surface area (Å²) in [5.74, 6) is 1.16. The zero-order valence-corrected chi connectivity index (χ0v) is 13.1. The molecular weight excluding hydrogens is 294 g/mol. The van der Waals surface area contributed by atoms with Gasteiger partial charge in [0.2, 0.25) is 0 Å². The van der Waals surface area contributed by atoms with Crippen molar-refractivity contribution in [3.8, 4) is 0 Å². The number of ether oxygens (including phenoxy) is 1. The maximum absolute atomic E-state index is 12.6. The van der Waals surface area contributed by atoms with Crippen LogP contribution in [0.15, 0.2) is 35.3 Å². The fourth-order valence-corrected chi connectivity index (χ4v) is 3.56. The van der Waals surface area contributed by atoms with Crippen molar-refractivity contribution in [2.75, 3.05) is 19.7 Å². The molecule has 2 aliphatic rings. The Kier molecular flexibility index (Phi) is 3.69. The van der Waals surface area contributed by atoms with Gasteiger partial charge in [0.05, 0.1) is 18.5 Å². The summed E-state index contributed by atoms with van der Waals surface area (Å²) in [5.41, 5.74) is 0.0343. The van der Waals surface area contributed by atoms with Gasteiger partial charge in [-0.25, -0.2) is 4.98 Å². The van der Waals surface area contributed by atoms with Gasteiger partial charge in [-0.15, -0.1) is 0 Å². The van der Waals surface area contributed by atoms with E-state index in [1.165, 1.54) is 0 Å². The highest BCUT2D eigenvalue weighted by atomic mass is 16.5. The number of piperidine rings is 1. The molecule has 2 saturated heterocycles. The standard InChI is InChI=1S/C17H21N3O3/c21-16(20-8-5-17(6-9-20)4-1-11-22-17)15-3-2-14(23-15)12-19-10-7-18-13-19/h2-3,7,10,13H,1,4-6,8-9,11-12H2. The molecular formula is C17H21N3O3. The highest BCUT2D eigenvalue weighted by Gasteiger charge is 2.39. The van der Waals surface area contributed by atoms with Crippen LogP contribution in [0.25, 0.3) is 0 Å². The Morgan fingerprint density at radius 1 is 1.26 bits per heavy atom. The maximum Gasteiger partial charge on any atom is 0.289 e. The normalized spacial score (nSPS) is 20.3. The van der Waals surface area contributed by atoms with Gasteiger partial charge < -0.3 is 18.6 Å². The molecule has 4 rings (SSSR count). The second-order valence-corrected chi connectivity index (χ2v) is 6.43. The fourth-order valence-electron chi connectivity index (χ4n) is 3.56. The van der Waals surface area contributed by atoms with Crippen LogP contribution in [0, 0.1) is 0 Å². The average Bonchev–Trinajstić information content (AvgIpc) is 3.31. The third-order valence-electron chi connectivity index (χ3n) is 4.92. The number of likely N-dealkylation sites (tertiary alicyclic amines) is 1. The van der Waals surface area contributed by atoms with Crippen LogP contribution in [0.2, 0.25) is 0 Å². The molecule has 4 heterocycles. The van der Waals surface area contributed by atoms with E-state index >= 15 is 0 Å². The van der Waals surface area contributed by atoms with E-state index in [2.05, 4.69) is 4.98 Å². The van der Waals surface area contributed by atoms with Crippen molar-refractivity contribution in [1.29, 1.82) is 0 Å². The molecule has 0 aromatic carbocycles. The molecule has 122 valence electrons. The van der Waals surface area contributed by atoms with E-state index in [0.29, 0.717) is 12.3 Å². The van der Waals surface area contributed by atoms with E-state index in [1.54, 1.807) is 18.6 Å². The molecule has 0 radical (unpaired) electrons. The number of hydrogen-bond acceptors (Lipinski definition) is 4. The summed E-state index contributed by atoms with van der Waals surface area (Å²) in [6.07, 6.45) is 9.46. The van der Waals surface area contributed by atoms with E-state index in [4.69, 9.17) is 9.15 Å². The van der Waals surface area contributed by atoms with Crippen molar-refractivity contribution in [3.05, 3.63) is 42.4 Å². The van der Waals surface area contributed by atoms with Gasteiger partial charge in [0.15, 0.2) is 5.76 Å². The molecule has 0 unspecified atom stereocenters. The van der Waals surface area contributed by atoms with Gasteiger partial charge in [-0.2, -0.15) is 0 Å². The molecule has 1 amide bonds. The van der Waals surface area contributed by atoms with Crippen molar-refractivity contribution in [1.82, 2.24) is 14.5 Å². The molecule has 2 fully saturated rings. The predicted octanol–water partition coefficient (Wildman–Crippen LogP) is 2.31. The van der Waals surface area contributed by atoms with Crippen LogP contribution in [0.1, 0.15) is 42.0 Å². The fraction of sp³-hybridized carbons (Fsp3) is 0.529. The van der Waals surface area contributed by atoms with Gasteiger partial charge in [-0.3, -0.25) is 4.79 Å². The molecule has 2 aromatic rings. The van der Waals surface area contributed by atoms with Crippen LogP contribution in [-0.4, -0.2) is 45.7 Å². The Hall–Kier alpha value is -2.08. The van der Waals surface area contributed by atoms with Gasteiger partial charge >= 0.3 is 0 Å². The predicted molar refractivity (Wildman–Crippen MR) is 83.1 cm³/mol. The Morgan fingerprint density at radius 2 is 2.13 bits per heavy atom. The number of nitrogens with zero attached hydrogens (tertiary/aromatic N) is 3. The highest BCUT2D eigenvalue weighted by molar-refractivity contribution is 5.91. The molecule has 6 heteroatoms. The number of rotatable bonds is 3. The number of hydrogen-bond donors (Lipinski definition) is 0. The average molecular weight is 315 g/mol. The van der Waals surface area contributed by atoms with Crippen molar-refractivity contribution in [2.45, 2.75) is 37.8 Å². The molecule has 0 aliphatic carbocycles. The third kappa shape index (κ3) is 2.91. The summed E-state index contributed by atoms with van der Waals surface area (Å²) in [7, 11) is 0. The molecule has 23 heavy (non-hydrogen) atoms. The monoisotopic (exact) mass is 315 g/mol. The van der Waals surface area contributed by atoms with Crippen LogP contribution in [0.3, 0.4) is 0 Å². The van der Waals surface area contributed by atoms with E-state index in [1.807, 2.05) is 21.7 Å². The number of aromatic nitrogens is 2. The number of imidazole rings is 1. The summed E-state index contributed by atoms with van der Waals surface area (Å²) >= 11 is 0. The highest BCUT2D eigenvalue weighted by Crippen LogP contribution is 2.35. The van der Waals surface area contributed by atoms with Gasteiger partial charge in [-0.1, -0.05) is 0 Å². The summed E-state index contributed by atoms with van der Waals surface area (Å²) in [5, 5.41) is 0. The van der Waals surface area contributed by atoms with Gasteiger partial charge in [-0.05, 0) is 37.8 Å². The molecule has 0 bridgehead atoms. The van der Waals surface area contributed by atoms with Crippen molar-refractivity contribution in [3.63, 3.8) is 0 Å². The number of furan rings is 1. The first-order chi connectivity index (χ1) is 11.2. The van der Waals surface area contributed by atoms with E-state index in [-0.39, 0.29) is 11.5 Å². The minimum atomic E-state index is -0.0188. The largest absolute Gasteiger partial charge is 0.454 e. The topological polar surface area (TPSA) is 60.5 Å². The van der Waals surface area contributed by atoms with Gasteiger partial charge in [0, 0.05) is 32.1 Å². The first-order valence-corrected chi connectivity index (χ1v) is 8.22. The Bertz CT molecular complexity index is 661. The molecule has 0 N–H and O–H groups in total. The van der Waals surface area contributed by atoms with Gasteiger partial charge in [0.25, 0.3) is 5.91 Å². The van der Waals surface area contributed by atoms with E-state index < -0.39 is 0 Å². The molecule has 6 nitrogen and oxygen atoms in total. The quantitative estimate of drug-likeness (QED) is 0.872. The third-order valence-corrected chi connectivity index (χ3v) is 4.92. The Morgan fingerprint density at radius 3 is 2.83 bits per heavy atom. The molecule has 1 spiro atoms. The lowest BCUT2D eigenvalue weighted by atomic mass is 9.88. The number of amides is 1. The second-order valence-electron chi connectivity index (χ2n) is 6.43. The van der Waals surface area contributed by atoms with E-state index in [0.717, 1.165) is 51.1 Å². The Balaban J connectivity index is 1.38. The van der Waals surface area contributed by atoms with E-state index in [9.17, 15) is 4.79 Å². The zero-order chi connectivity index (χ0) is 15.7. The first kappa shape index (κ1) is 14.5. The van der Waals surface area contributed by atoms with Crippen LogP contribution in [0.5, 0.6) is 0 Å². The summed E-state index contributed by atoms with van der Waals surface area (Å²) in [6, 6.07) is 3.63. The van der Waals surface area contributed by atoms with Crippen LogP contribution >= 0.6 is 0 Å². The molecule has 0 atom stereocenters. The van der Waals surface area contributed by atoms with Crippen LogP contribution < -0.4 is 0 Å². The lowest BCUT2D eigenvalue weighted by Crippen LogP contribution is -2.46. The van der Waals surface area contributed by atoms with Gasteiger partial charge in [0.1, 0.15) is 5.76 Å². The first-order valence-electron chi connectivity index (χ1n) is 8.22. The minimum Gasteiger partial charge on any atom is -0.454 e. The SMILES string of the molecule is O=C(c1ccc(Cn2ccnc2)o1)N1CCC2(CCCO2)CC1. The molecule has 2 aliphatic heterocycles. The second kappa shape index (κ2) is 5.85. The van der Waals surface area contributed by atoms with Crippen molar-refractivity contribution < 1.29 is 13.9 Å². The number of carbonyl (C=O) groups is 1. The summed E-state index contributed by atoms with van der Waals surface area (Å²) in [4.78, 5) is 18.5. The lowest BCUT2D eigenvalue weighted by molar-refractivity contribution is -0.0391. The molecule has 0 saturated carbocycles. The smallest absolute Gasteiger partial charge is 0.289 e. The Labute approximate surface area is 135 Å². The lowest BCUT2D eigenvalue weighted by Gasteiger charge is -2.38. The van der Waals surface area contributed by atoms with Crippen molar-refractivity contribution in [2.24, 2.45) is 0 Å². The minimum absolute atomic E-state index is 0.0188. The maximum atomic E-state index is 12.6. The summed E-state index contributed by atoms with van der Waals surface area (Å²) in [6.45, 7) is 2.95. The van der Waals surface area contributed by atoms with Crippen molar-refractivity contribution >= 4 is 5.91 Å². The summed E-state index contributed by atoms with van der Waals surface area (Å²) < 4.78 is 13.5. The zero-order valence-electron chi connectivity index (χ0n) is 13.1. The van der Waals surface area contributed by atoms with Crippen LogP contribution in [0.4, 0.5) is 0 Å². The van der Waals surface area contributed by atoms with Crippen LogP contribution in [-0.2, 0) is 11.3 Å². The number of carbonyl (C=O) groups excluding carboxylic acids is 1.